The molecule has 82 valence electrons. The van der Waals surface area contributed by atoms with E-state index in [0.29, 0.717) is 17.5 Å². The molecule has 0 fully saturated rings. The van der Waals surface area contributed by atoms with Crippen LogP contribution in [0.1, 0.15) is 35.9 Å². The molecule has 1 aliphatic carbocycles. The van der Waals surface area contributed by atoms with Gasteiger partial charge in [0, 0.05) is 6.04 Å². The molecule has 0 bridgehead atoms. The molecule has 4 heteroatoms. The van der Waals surface area contributed by atoms with E-state index in [-0.39, 0.29) is 12.5 Å². The van der Waals surface area contributed by atoms with E-state index in [1.165, 1.54) is 6.07 Å². The molecule has 1 aromatic rings. The number of rotatable bonds is 0. The summed E-state index contributed by atoms with van der Waals surface area (Å²) in [4.78, 5) is 0. The van der Waals surface area contributed by atoms with Crippen LogP contribution >= 0.6 is 0 Å². The van der Waals surface area contributed by atoms with Crippen LogP contribution in [0.3, 0.4) is 0 Å². The fourth-order valence-electron chi connectivity index (χ4n) is 2.16. The van der Waals surface area contributed by atoms with Crippen LogP contribution in [0.15, 0.2) is 24.3 Å². The van der Waals surface area contributed by atoms with Crippen LogP contribution in [0.2, 0.25) is 0 Å². The number of benzene rings is 1. The van der Waals surface area contributed by atoms with Gasteiger partial charge in [-0.05, 0) is 24.0 Å². The van der Waals surface area contributed by atoms with Gasteiger partial charge in [0.15, 0.2) is 0 Å². The molecular weight excluding hydrogens is 203 g/mol. The van der Waals surface area contributed by atoms with Gasteiger partial charge in [-0.3, -0.25) is 0 Å². The highest BCUT2D eigenvalue weighted by Gasteiger charge is 2.43. The van der Waals surface area contributed by atoms with Gasteiger partial charge in [-0.15, -0.1) is 0 Å². The number of halogens is 3. The number of alkyl halides is 3. The summed E-state index contributed by atoms with van der Waals surface area (Å²) in [6.07, 6.45) is -3.65. The van der Waals surface area contributed by atoms with Gasteiger partial charge in [-0.2, -0.15) is 13.2 Å². The Labute approximate surface area is 86.1 Å². The Hall–Kier alpha value is -1.03. The average Bonchev–Trinajstić information content (AvgIpc) is 2.17. The zero-order valence-electron chi connectivity index (χ0n) is 8.09. The monoisotopic (exact) mass is 215 g/mol. The van der Waals surface area contributed by atoms with Crippen LogP contribution in [0, 0.1) is 0 Å². The van der Waals surface area contributed by atoms with Crippen molar-refractivity contribution in [2.24, 2.45) is 5.73 Å². The first-order valence-electron chi connectivity index (χ1n) is 4.91. The third kappa shape index (κ3) is 1.86. The molecule has 0 aromatic heterocycles. The lowest BCUT2D eigenvalue weighted by Crippen LogP contribution is -2.29. The minimum Gasteiger partial charge on any atom is -0.324 e. The zero-order valence-corrected chi connectivity index (χ0v) is 8.09. The molecule has 0 radical (unpaired) electrons. The number of fused-ring (bicyclic) bond motifs is 1. The lowest BCUT2D eigenvalue weighted by Gasteiger charge is -2.30. The molecule has 0 aliphatic heterocycles. The van der Waals surface area contributed by atoms with Gasteiger partial charge in [0.05, 0.1) is 5.92 Å². The van der Waals surface area contributed by atoms with E-state index < -0.39 is 12.1 Å². The number of nitrogens with two attached hydrogens (primary N) is 1. The van der Waals surface area contributed by atoms with E-state index >= 15 is 0 Å². The van der Waals surface area contributed by atoms with Gasteiger partial charge in [0.25, 0.3) is 0 Å². The van der Waals surface area contributed by atoms with Crippen molar-refractivity contribution < 1.29 is 13.2 Å². The summed E-state index contributed by atoms with van der Waals surface area (Å²) in [6, 6.07) is 6.34. The summed E-state index contributed by atoms with van der Waals surface area (Å²) in [7, 11) is 0. The lowest BCUT2D eigenvalue weighted by atomic mass is 9.80. The second-order valence-electron chi connectivity index (χ2n) is 3.91. The van der Waals surface area contributed by atoms with Crippen molar-refractivity contribution in [3.8, 4) is 0 Å². The highest BCUT2D eigenvalue weighted by atomic mass is 19.4. The number of hydrogen-bond acceptors (Lipinski definition) is 1. The van der Waals surface area contributed by atoms with Crippen LogP contribution in [-0.4, -0.2) is 6.18 Å². The maximum atomic E-state index is 12.7. The topological polar surface area (TPSA) is 26.0 Å². The molecule has 0 saturated carbocycles. The molecule has 2 unspecified atom stereocenters. The van der Waals surface area contributed by atoms with Crippen LogP contribution in [0.25, 0.3) is 0 Å². The maximum absolute atomic E-state index is 12.7. The quantitative estimate of drug-likeness (QED) is 0.707. The lowest BCUT2D eigenvalue weighted by molar-refractivity contribution is -0.153. The molecule has 2 N–H and O–H groups in total. The second kappa shape index (κ2) is 3.52. The van der Waals surface area contributed by atoms with Crippen molar-refractivity contribution in [1.82, 2.24) is 0 Å². The third-order valence-electron chi connectivity index (χ3n) is 2.93. The van der Waals surface area contributed by atoms with Crippen molar-refractivity contribution in [3.05, 3.63) is 35.4 Å². The van der Waals surface area contributed by atoms with Crippen molar-refractivity contribution in [1.29, 1.82) is 0 Å². The van der Waals surface area contributed by atoms with Crippen LogP contribution in [0.4, 0.5) is 13.2 Å². The average molecular weight is 215 g/mol. The van der Waals surface area contributed by atoms with E-state index in [0.717, 1.165) is 0 Å². The normalized spacial score (nSPS) is 26.1. The molecule has 1 aromatic carbocycles. The van der Waals surface area contributed by atoms with E-state index in [4.69, 9.17) is 5.73 Å². The molecule has 15 heavy (non-hydrogen) atoms. The van der Waals surface area contributed by atoms with Crippen LogP contribution in [-0.2, 0) is 0 Å². The smallest absolute Gasteiger partial charge is 0.324 e. The minimum atomic E-state index is -4.16. The Balaban J connectivity index is 2.45. The number of hydrogen-bond donors (Lipinski definition) is 1. The Morgan fingerprint density at radius 2 is 1.67 bits per heavy atom. The molecule has 0 spiro atoms. The van der Waals surface area contributed by atoms with Crippen molar-refractivity contribution >= 4 is 0 Å². The standard InChI is InChI=1S/C11H12F3N/c12-11(13,14)9-5-6-10(15)8-4-2-1-3-7(8)9/h1-4,9-10H,5-6,15H2. The summed E-state index contributed by atoms with van der Waals surface area (Å²) in [5.74, 6) is -1.34. The highest BCUT2D eigenvalue weighted by molar-refractivity contribution is 5.35. The van der Waals surface area contributed by atoms with Gasteiger partial charge in [-0.25, -0.2) is 0 Å². The zero-order chi connectivity index (χ0) is 11.1. The van der Waals surface area contributed by atoms with Gasteiger partial charge in [-0.1, -0.05) is 24.3 Å². The van der Waals surface area contributed by atoms with Gasteiger partial charge >= 0.3 is 6.18 Å². The van der Waals surface area contributed by atoms with E-state index in [9.17, 15) is 13.2 Å². The first-order chi connectivity index (χ1) is 7.00. The molecule has 0 amide bonds. The van der Waals surface area contributed by atoms with E-state index in [2.05, 4.69) is 0 Å². The van der Waals surface area contributed by atoms with Crippen LogP contribution < -0.4 is 5.73 Å². The third-order valence-corrected chi connectivity index (χ3v) is 2.93. The van der Waals surface area contributed by atoms with E-state index in [1.54, 1.807) is 18.2 Å². The molecule has 1 nitrogen and oxygen atoms in total. The molecular formula is C11H12F3N. The molecule has 0 saturated heterocycles. The fourth-order valence-corrected chi connectivity index (χ4v) is 2.16. The minimum absolute atomic E-state index is 0.0989. The molecule has 2 rings (SSSR count). The van der Waals surface area contributed by atoms with Gasteiger partial charge in [0.1, 0.15) is 0 Å². The van der Waals surface area contributed by atoms with Gasteiger partial charge in [0.2, 0.25) is 0 Å². The van der Waals surface area contributed by atoms with Crippen molar-refractivity contribution in [2.45, 2.75) is 31.0 Å². The second-order valence-corrected chi connectivity index (χ2v) is 3.91. The predicted molar refractivity (Wildman–Crippen MR) is 51.4 cm³/mol. The van der Waals surface area contributed by atoms with Crippen LogP contribution in [0.5, 0.6) is 0 Å². The SMILES string of the molecule is NC1CCC(C(F)(F)F)c2ccccc21. The molecule has 0 heterocycles. The summed E-state index contributed by atoms with van der Waals surface area (Å²) in [5, 5.41) is 0. The van der Waals surface area contributed by atoms with Crippen molar-refractivity contribution in [2.75, 3.05) is 0 Å². The fraction of sp³-hybridized carbons (Fsp3) is 0.455. The van der Waals surface area contributed by atoms with Gasteiger partial charge < -0.3 is 5.73 Å². The molecule has 2 atom stereocenters. The largest absolute Gasteiger partial charge is 0.395 e. The highest BCUT2D eigenvalue weighted by Crippen LogP contribution is 2.45. The Kier molecular flexibility index (Phi) is 2.46. The van der Waals surface area contributed by atoms with E-state index in [1.807, 2.05) is 0 Å². The summed E-state index contributed by atoms with van der Waals surface area (Å²) in [6.45, 7) is 0. The Morgan fingerprint density at radius 1 is 1.07 bits per heavy atom. The molecule has 1 aliphatic rings. The predicted octanol–water partition coefficient (Wildman–Crippen LogP) is 3.13. The van der Waals surface area contributed by atoms with Crippen molar-refractivity contribution in [3.63, 3.8) is 0 Å². The summed E-state index contributed by atoms with van der Waals surface area (Å²) < 4.78 is 38.1. The summed E-state index contributed by atoms with van der Waals surface area (Å²) >= 11 is 0. The maximum Gasteiger partial charge on any atom is 0.395 e. The Morgan fingerprint density at radius 3 is 2.27 bits per heavy atom. The first kappa shape index (κ1) is 10.5. The first-order valence-corrected chi connectivity index (χ1v) is 4.91. The summed E-state index contributed by atoms with van der Waals surface area (Å²) in [5.41, 5.74) is 6.78. The Bertz CT molecular complexity index is 359.